The Kier molecular flexibility index (Phi) is 5.13. The normalized spacial score (nSPS) is 16.7. The molecule has 2 saturated heterocycles. The number of nitrogens with two attached hydrogens (primary N) is 1. The predicted octanol–water partition coefficient (Wildman–Crippen LogP) is 4.09. The van der Waals surface area contributed by atoms with Crippen molar-refractivity contribution >= 4 is 22.4 Å². The Morgan fingerprint density at radius 3 is 2.45 bits per heavy atom. The Bertz CT molecular complexity index is 1270. The molecule has 0 radical (unpaired) electrons. The lowest BCUT2D eigenvalue weighted by Crippen LogP contribution is -2.38. The Morgan fingerprint density at radius 2 is 1.73 bits per heavy atom. The molecular weight excluding hydrogens is 416 g/mol. The van der Waals surface area contributed by atoms with Crippen LogP contribution in [0.3, 0.4) is 0 Å². The number of nitrogen functional groups attached to an aromatic ring is 1. The van der Waals surface area contributed by atoms with E-state index in [0.29, 0.717) is 24.7 Å². The summed E-state index contributed by atoms with van der Waals surface area (Å²) in [5, 5.41) is 1.06. The third kappa shape index (κ3) is 3.90. The highest BCUT2D eigenvalue weighted by Crippen LogP contribution is 2.35. The van der Waals surface area contributed by atoms with Gasteiger partial charge in [-0.15, -0.1) is 0 Å². The second-order valence-electron chi connectivity index (χ2n) is 8.48. The molecule has 2 aromatic carbocycles. The average molecular weight is 443 g/mol. The van der Waals surface area contributed by atoms with Crippen LogP contribution < -0.4 is 15.4 Å². The second kappa shape index (κ2) is 8.42. The summed E-state index contributed by atoms with van der Waals surface area (Å²) in [7, 11) is 0. The molecule has 2 fully saturated rings. The number of fused-ring (bicyclic) bond motifs is 1. The van der Waals surface area contributed by atoms with Crippen molar-refractivity contribution in [2.45, 2.75) is 6.10 Å². The zero-order chi connectivity index (χ0) is 22.2. The van der Waals surface area contributed by atoms with Gasteiger partial charge in [0.1, 0.15) is 17.5 Å². The smallest absolute Gasteiger partial charge is 0.145 e. The number of morpholine rings is 1. The van der Waals surface area contributed by atoms with E-state index < -0.39 is 0 Å². The van der Waals surface area contributed by atoms with Gasteiger partial charge in [0.05, 0.1) is 32.1 Å². The molecule has 4 aromatic rings. The molecule has 3 N–H and O–H groups in total. The molecule has 33 heavy (non-hydrogen) atoms. The molecular formula is C26H26N4O3. The molecule has 0 atom stereocenters. The first kappa shape index (κ1) is 20.1. The van der Waals surface area contributed by atoms with E-state index in [1.165, 1.54) is 5.69 Å². The summed E-state index contributed by atoms with van der Waals surface area (Å²) in [6.45, 7) is 4.66. The van der Waals surface area contributed by atoms with Crippen molar-refractivity contribution in [3.63, 3.8) is 0 Å². The van der Waals surface area contributed by atoms with E-state index in [0.717, 1.165) is 59.7 Å². The van der Waals surface area contributed by atoms with Crippen LogP contribution in [0.5, 0.6) is 5.75 Å². The summed E-state index contributed by atoms with van der Waals surface area (Å²) in [6.07, 6.45) is 1.92. The minimum Gasteiger partial charge on any atom is -0.483 e. The lowest BCUT2D eigenvalue weighted by molar-refractivity contribution is -0.0793. The largest absolute Gasteiger partial charge is 0.483 e. The van der Waals surface area contributed by atoms with Crippen LogP contribution in [0.25, 0.3) is 33.4 Å². The fraction of sp³-hybridized carbons (Fsp3) is 0.269. The third-order valence-corrected chi connectivity index (χ3v) is 6.31. The first-order chi connectivity index (χ1) is 16.2. The Morgan fingerprint density at radius 1 is 0.939 bits per heavy atom. The van der Waals surface area contributed by atoms with Gasteiger partial charge in [-0.1, -0.05) is 18.2 Å². The highest BCUT2D eigenvalue weighted by atomic mass is 16.6. The monoisotopic (exact) mass is 442 g/mol. The number of hydrogen-bond acceptors (Lipinski definition) is 6. The third-order valence-electron chi connectivity index (χ3n) is 6.31. The van der Waals surface area contributed by atoms with Gasteiger partial charge >= 0.3 is 0 Å². The maximum atomic E-state index is 6.30. The number of nitrogens with zero attached hydrogens (tertiary/aromatic N) is 2. The Labute approximate surface area is 192 Å². The molecule has 2 aromatic heterocycles. The number of pyridine rings is 1. The molecule has 6 rings (SSSR count). The van der Waals surface area contributed by atoms with Crippen molar-refractivity contribution in [3.05, 3.63) is 60.8 Å². The summed E-state index contributed by atoms with van der Waals surface area (Å²) >= 11 is 0. The van der Waals surface area contributed by atoms with Crippen molar-refractivity contribution in [2.75, 3.05) is 50.2 Å². The van der Waals surface area contributed by atoms with Gasteiger partial charge < -0.3 is 29.8 Å². The lowest BCUT2D eigenvalue weighted by Gasteiger charge is -2.28. The quantitative estimate of drug-likeness (QED) is 0.453. The minimum atomic E-state index is 0.0904. The highest BCUT2D eigenvalue weighted by molar-refractivity contribution is 5.96. The Balaban J connectivity index is 1.29. The molecule has 2 aliphatic rings. The van der Waals surface area contributed by atoms with Crippen molar-refractivity contribution in [1.29, 1.82) is 0 Å². The average Bonchev–Trinajstić information content (AvgIpc) is 3.27. The van der Waals surface area contributed by atoms with Gasteiger partial charge in [-0.3, -0.25) is 0 Å². The van der Waals surface area contributed by atoms with E-state index >= 15 is 0 Å². The van der Waals surface area contributed by atoms with Crippen LogP contribution in [0.4, 0.5) is 11.4 Å². The molecule has 2 aliphatic heterocycles. The number of anilines is 2. The Hall–Kier alpha value is -3.55. The van der Waals surface area contributed by atoms with E-state index in [4.69, 9.17) is 19.9 Å². The number of aromatic nitrogens is 2. The molecule has 0 saturated carbocycles. The van der Waals surface area contributed by atoms with E-state index in [-0.39, 0.29) is 6.10 Å². The molecule has 4 heterocycles. The second-order valence-corrected chi connectivity index (χ2v) is 8.48. The van der Waals surface area contributed by atoms with Gasteiger partial charge in [-0.2, -0.15) is 0 Å². The van der Waals surface area contributed by atoms with Gasteiger partial charge in [-0.25, -0.2) is 4.98 Å². The number of ether oxygens (including phenoxy) is 3. The fourth-order valence-corrected chi connectivity index (χ4v) is 4.39. The van der Waals surface area contributed by atoms with Crippen LogP contribution in [-0.4, -0.2) is 55.6 Å². The van der Waals surface area contributed by atoms with Crippen molar-refractivity contribution in [1.82, 2.24) is 9.97 Å². The summed E-state index contributed by atoms with van der Waals surface area (Å²) in [6, 6.07) is 18.8. The van der Waals surface area contributed by atoms with Gasteiger partial charge in [0, 0.05) is 36.1 Å². The molecule has 0 spiro atoms. The van der Waals surface area contributed by atoms with Crippen LogP contribution in [0.2, 0.25) is 0 Å². The highest BCUT2D eigenvalue weighted by Gasteiger charge is 2.21. The summed E-state index contributed by atoms with van der Waals surface area (Å²) in [4.78, 5) is 10.4. The van der Waals surface area contributed by atoms with Crippen LogP contribution in [0.1, 0.15) is 0 Å². The van der Waals surface area contributed by atoms with Crippen LogP contribution in [0, 0.1) is 0 Å². The van der Waals surface area contributed by atoms with Gasteiger partial charge in [0.15, 0.2) is 0 Å². The number of benzene rings is 2. The lowest BCUT2D eigenvalue weighted by atomic mass is 10.0. The first-order valence-corrected chi connectivity index (χ1v) is 11.3. The molecule has 0 amide bonds. The fourth-order valence-electron chi connectivity index (χ4n) is 4.39. The maximum absolute atomic E-state index is 6.30. The number of nitrogens with one attached hydrogen (secondary N) is 1. The van der Waals surface area contributed by atoms with E-state index in [2.05, 4.69) is 45.2 Å². The van der Waals surface area contributed by atoms with Crippen LogP contribution in [-0.2, 0) is 9.47 Å². The standard InChI is InChI=1S/C26H26N4O3/c27-23-13-18(3-6-25(23)33-20-15-32-16-20)21-7-8-28-26-22(21)14-24(29-26)17-1-4-19(5-2-17)30-9-11-31-12-10-30/h1-8,13-14,20H,9-12,15-16,27H2,(H,28,29). The van der Waals surface area contributed by atoms with Crippen LogP contribution >= 0.6 is 0 Å². The summed E-state index contributed by atoms with van der Waals surface area (Å²) in [5.41, 5.74) is 13.3. The molecule has 0 aliphatic carbocycles. The number of rotatable bonds is 5. The van der Waals surface area contributed by atoms with Crippen molar-refractivity contribution in [2.24, 2.45) is 0 Å². The zero-order valence-corrected chi connectivity index (χ0v) is 18.3. The molecule has 0 unspecified atom stereocenters. The first-order valence-electron chi connectivity index (χ1n) is 11.3. The number of hydrogen-bond donors (Lipinski definition) is 2. The van der Waals surface area contributed by atoms with Crippen LogP contribution in [0.15, 0.2) is 60.8 Å². The van der Waals surface area contributed by atoms with Crippen molar-refractivity contribution in [3.8, 4) is 28.1 Å². The van der Waals surface area contributed by atoms with Gasteiger partial charge in [0.25, 0.3) is 0 Å². The molecule has 7 nitrogen and oxygen atoms in total. The van der Waals surface area contributed by atoms with Gasteiger partial charge in [0.2, 0.25) is 0 Å². The van der Waals surface area contributed by atoms with Crippen molar-refractivity contribution < 1.29 is 14.2 Å². The van der Waals surface area contributed by atoms with E-state index in [1.54, 1.807) is 0 Å². The summed E-state index contributed by atoms with van der Waals surface area (Å²) in [5.74, 6) is 0.701. The number of aromatic amines is 1. The molecule has 7 heteroatoms. The predicted molar refractivity (Wildman–Crippen MR) is 130 cm³/mol. The van der Waals surface area contributed by atoms with Gasteiger partial charge in [-0.05, 0) is 53.1 Å². The summed E-state index contributed by atoms with van der Waals surface area (Å²) < 4.78 is 16.5. The number of H-pyrrole nitrogens is 1. The SMILES string of the molecule is Nc1cc(-c2ccnc3[nH]c(-c4ccc(N5CCOCC5)cc4)cc23)ccc1OC1COC1. The van der Waals surface area contributed by atoms with E-state index in [1.807, 2.05) is 30.5 Å². The molecule has 168 valence electrons. The molecule has 0 bridgehead atoms. The topological polar surface area (TPSA) is 85.6 Å². The zero-order valence-electron chi connectivity index (χ0n) is 18.3. The maximum Gasteiger partial charge on any atom is 0.145 e. The minimum absolute atomic E-state index is 0.0904. The van der Waals surface area contributed by atoms with E-state index in [9.17, 15) is 0 Å².